The fourth-order valence-electron chi connectivity index (χ4n) is 2.21. The van der Waals surface area contributed by atoms with E-state index in [1.165, 1.54) is 0 Å². The van der Waals surface area contributed by atoms with Gasteiger partial charge in [-0.15, -0.1) is 0 Å². The van der Waals surface area contributed by atoms with Crippen LogP contribution in [0, 0.1) is 0 Å². The van der Waals surface area contributed by atoms with Crippen molar-refractivity contribution < 1.29 is 14.3 Å². The first kappa shape index (κ1) is 13.9. The van der Waals surface area contributed by atoms with E-state index in [1.807, 2.05) is 0 Å². The molecule has 0 aromatic rings. The molecule has 0 unspecified atom stereocenters. The molecule has 0 aliphatic heterocycles. The van der Waals surface area contributed by atoms with E-state index in [-0.39, 0.29) is 11.8 Å². The van der Waals surface area contributed by atoms with Gasteiger partial charge in [-0.05, 0) is 31.8 Å². The zero-order valence-electron chi connectivity index (χ0n) is 10.9. The maximum Gasteiger partial charge on any atom is 0.309 e. The maximum absolute atomic E-state index is 11.7. The molecule has 96 valence electrons. The monoisotopic (exact) mass is 238 g/mol. The smallest absolute Gasteiger partial charge is 0.309 e. The zero-order valence-corrected chi connectivity index (χ0v) is 10.9. The first-order valence-electron chi connectivity index (χ1n) is 6.58. The highest BCUT2D eigenvalue weighted by Gasteiger charge is 2.24. The van der Waals surface area contributed by atoms with Crippen molar-refractivity contribution in [3.63, 3.8) is 0 Å². The highest BCUT2D eigenvalue weighted by Crippen LogP contribution is 2.29. The first-order chi connectivity index (χ1) is 8.19. The predicted octanol–water partition coefficient (Wildman–Crippen LogP) is 3.18. The van der Waals surface area contributed by atoms with Crippen LogP contribution in [-0.2, 0) is 14.3 Å². The van der Waals surface area contributed by atoms with Crippen LogP contribution in [0.3, 0.4) is 0 Å². The lowest BCUT2D eigenvalue weighted by atomic mass is 10.0. The van der Waals surface area contributed by atoms with Crippen molar-refractivity contribution >= 4 is 11.8 Å². The largest absolute Gasteiger partial charge is 0.466 e. The van der Waals surface area contributed by atoms with E-state index < -0.39 is 0 Å². The average molecular weight is 238 g/mol. The molecule has 0 aromatic carbocycles. The fraction of sp³-hybridized carbons (Fsp3) is 0.714. The highest BCUT2D eigenvalue weighted by atomic mass is 16.5. The lowest BCUT2D eigenvalue weighted by molar-refractivity contribution is -0.142. The summed E-state index contributed by atoms with van der Waals surface area (Å²) in [4.78, 5) is 23.1. The van der Waals surface area contributed by atoms with E-state index in [0.29, 0.717) is 19.4 Å². The Hall–Kier alpha value is -1.12. The quantitative estimate of drug-likeness (QED) is 0.505. The Morgan fingerprint density at radius 2 is 2.00 bits per heavy atom. The molecule has 0 aromatic heterocycles. The van der Waals surface area contributed by atoms with E-state index in [2.05, 4.69) is 6.92 Å². The molecule has 3 heteroatoms. The number of carbonyl (C=O) groups is 2. The molecular weight excluding hydrogens is 216 g/mol. The van der Waals surface area contributed by atoms with Gasteiger partial charge in [0.15, 0.2) is 5.78 Å². The van der Waals surface area contributed by atoms with Crippen molar-refractivity contribution in [2.24, 2.45) is 0 Å². The molecule has 17 heavy (non-hydrogen) atoms. The van der Waals surface area contributed by atoms with Crippen LogP contribution in [0.5, 0.6) is 0 Å². The molecule has 3 nitrogen and oxygen atoms in total. The normalized spacial score (nSPS) is 15.5. The third kappa shape index (κ3) is 4.33. The van der Waals surface area contributed by atoms with E-state index >= 15 is 0 Å². The number of esters is 1. The number of carbonyl (C=O) groups excluding carboxylic acids is 2. The van der Waals surface area contributed by atoms with Gasteiger partial charge < -0.3 is 4.74 Å². The number of Topliss-reactive ketones (excluding diaryl/α,β-unsaturated/α-hetero) is 1. The fourth-order valence-corrected chi connectivity index (χ4v) is 2.21. The van der Waals surface area contributed by atoms with Gasteiger partial charge >= 0.3 is 5.97 Å². The van der Waals surface area contributed by atoms with Crippen LogP contribution < -0.4 is 0 Å². The Balaban J connectivity index is 2.57. The molecule has 0 radical (unpaired) electrons. The second kappa shape index (κ2) is 7.25. The first-order valence-corrected chi connectivity index (χ1v) is 6.58. The number of ketones is 1. The van der Waals surface area contributed by atoms with Gasteiger partial charge in [0.05, 0.1) is 13.0 Å². The number of rotatable bonds is 7. The molecular formula is C14H22O3. The molecule has 0 N–H and O–H groups in total. The molecule has 0 atom stereocenters. The summed E-state index contributed by atoms with van der Waals surface area (Å²) < 4.78 is 4.93. The topological polar surface area (TPSA) is 43.4 Å². The molecule has 1 aliphatic rings. The molecule has 0 fully saturated rings. The van der Waals surface area contributed by atoms with Crippen molar-refractivity contribution in [1.82, 2.24) is 0 Å². The van der Waals surface area contributed by atoms with Gasteiger partial charge in [0.2, 0.25) is 0 Å². The van der Waals surface area contributed by atoms with Crippen molar-refractivity contribution in [2.75, 3.05) is 6.61 Å². The minimum atomic E-state index is -0.204. The Bertz CT molecular complexity index is 315. The number of unbranched alkanes of at least 4 members (excludes halogenated alkanes) is 2. The minimum absolute atomic E-state index is 0.204. The van der Waals surface area contributed by atoms with Crippen molar-refractivity contribution in [2.45, 2.75) is 58.8 Å². The Morgan fingerprint density at radius 1 is 1.24 bits per heavy atom. The summed E-state index contributed by atoms with van der Waals surface area (Å²) in [6, 6.07) is 0. The molecule has 1 aliphatic carbocycles. The average Bonchev–Trinajstić information content (AvgIpc) is 2.62. The van der Waals surface area contributed by atoms with Crippen LogP contribution in [0.25, 0.3) is 0 Å². The second-order valence-corrected chi connectivity index (χ2v) is 4.44. The molecule has 0 bridgehead atoms. The summed E-state index contributed by atoms with van der Waals surface area (Å²) in [7, 11) is 0. The van der Waals surface area contributed by atoms with E-state index in [9.17, 15) is 9.59 Å². The molecule has 0 saturated heterocycles. The maximum atomic E-state index is 11.7. The Morgan fingerprint density at radius 3 is 2.65 bits per heavy atom. The number of hydrogen-bond acceptors (Lipinski definition) is 3. The Kier molecular flexibility index (Phi) is 5.95. The standard InChI is InChI=1S/C14H22O3/c1-3-5-6-7-12-11(8-9-13(12)15)10-14(16)17-4-2/h3-10H2,1-2H3. The molecule has 0 spiro atoms. The molecule has 0 saturated carbocycles. The third-order valence-corrected chi connectivity index (χ3v) is 3.11. The van der Waals surface area contributed by atoms with Crippen LogP contribution in [0.2, 0.25) is 0 Å². The Labute approximate surface area is 103 Å². The van der Waals surface area contributed by atoms with E-state index in [0.717, 1.165) is 43.3 Å². The van der Waals surface area contributed by atoms with E-state index in [1.54, 1.807) is 6.92 Å². The van der Waals surface area contributed by atoms with Gasteiger partial charge in [-0.1, -0.05) is 25.3 Å². The van der Waals surface area contributed by atoms with E-state index in [4.69, 9.17) is 4.74 Å². The zero-order chi connectivity index (χ0) is 12.7. The van der Waals surface area contributed by atoms with Gasteiger partial charge in [0, 0.05) is 6.42 Å². The third-order valence-electron chi connectivity index (χ3n) is 3.11. The number of allylic oxidation sites excluding steroid dienone is 1. The summed E-state index contributed by atoms with van der Waals surface area (Å²) in [5.41, 5.74) is 1.93. The van der Waals surface area contributed by atoms with Crippen LogP contribution in [0.4, 0.5) is 0 Å². The SMILES string of the molecule is CCCCCC1=C(CC(=O)OCC)CCC1=O. The summed E-state index contributed by atoms with van der Waals surface area (Å²) >= 11 is 0. The number of ether oxygens (including phenoxy) is 1. The van der Waals surface area contributed by atoms with Crippen LogP contribution in [0.1, 0.15) is 58.8 Å². The highest BCUT2D eigenvalue weighted by molar-refractivity contribution is 5.99. The molecule has 0 amide bonds. The summed E-state index contributed by atoms with van der Waals surface area (Å²) in [5.74, 6) is 0.0330. The van der Waals surface area contributed by atoms with Crippen LogP contribution >= 0.6 is 0 Å². The van der Waals surface area contributed by atoms with Crippen LogP contribution in [0.15, 0.2) is 11.1 Å². The van der Waals surface area contributed by atoms with Gasteiger partial charge in [0.1, 0.15) is 0 Å². The van der Waals surface area contributed by atoms with Crippen molar-refractivity contribution in [3.05, 3.63) is 11.1 Å². The predicted molar refractivity (Wildman–Crippen MR) is 66.7 cm³/mol. The van der Waals surface area contributed by atoms with Crippen molar-refractivity contribution in [3.8, 4) is 0 Å². The van der Waals surface area contributed by atoms with Gasteiger partial charge in [-0.25, -0.2) is 0 Å². The lowest BCUT2D eigenvalue weighted by Crippen LogP contribution is -2.06. The van der Waals surface area contributed by atoms with Gasteiger partial charge in [-0.3, -0.25) is 9.59 Å². The summed E-state index contributed by atoms with van der Waals surface area (Å²) in [6.07, 6.45) is 5.81. The van der Waals surface area contributed by atoms with Crippen molar-refractivity contribution in [1.29, 1.82) is 0 Å². The summed E-state index contributed by atoms with van der Waals surface area (Å²) in [5, 5.41) is 0. The summed E-state index contributed by atoms with van der Waals surface area (Å²) in [6.45, 7) is 4.35. The minimum Gasteiger partial charge on any atom is -0.466 e. The number of hydrogen-bond donors (Lipinski definition) is 0. The molecule has 0 heterocycles. The van der Waals surface area contributed by atoms with Gasteiger partial charge in [-0.2, -0.15) is 0 Å². The lowest BCUT2D eigenvalue weighted by Gasteiger charge is -2.06. The van der Waals surface area contributed by atoms with Crippen LogP contribution in [-0.4, -0.2) is 18.4 Å². The van der Waals surface area contributed by atoms with Gasteiger partial charge in [0.25, 0.3) is 0 Å². The second-order valence-electron chi connectivity index (χ2n) is 4.44. The molecule has 1 rings (SSSR count).